The van der Waals surface area contributed by atoms with Crippen LogP contribution >= 0.6 is 0 Å². The van der Waals surface area contributed by atoms with Crippen molar-refractivity contribution in [1.29, 1.82) is 0 Å². The molecule has 0 amide bonds. The minimum Gasteiger partial charge on any atom is -0.744 e. The Morgan fingerprint density at radius 3 is 1.20 bits per heavy atom. The molecule has 0 radical (unpaired) electrons. The van der Waals surface area contributed by atoms with Crippen molar-refractivity contribution in [3.05, 3.63) is 140 Å². The smallest absolute Gasteiger partial charge is 0.744 e. The van der Waals surface area contributed by atoms with Crippen molar-refractivity contribution in [3.63, 3.8) is 0 Å². The van der Waals surface area contributed by atoms with E-state index in [0.29, 0.717) is 17.2 Å². The van der Waals surface area contributed by atoms with E-state index in [4.69, 9.17) is 0 Å². The summed E-state index contributed by atoms with van der Waals surface area (Å²) in [4.78, 5) is -1.54. The second-order valence-electron chi connectivity index (χ2n) is 13.0. The van der Waals surface area contributed by atoms with Gasteiger partial charge < -0.3 is 19.7 Å². The van der Waals surface area contributed by atoms with Crippen molar-refractivity contribution in [2.24, 2.45) is 0 Å². The SMILES string of the molecule is Cc1cc(C)c(Nc2ccc(C(c3ccc(Nc4c(C)cc(C)cc4C)cc3C)c3ccc(S(=O)(=O)[O-])cc3S(=O)(=O)[O-])c(C)c2)c(C)c1.[Na+]. The summed E-state index contributed by atoms with van der Waals surface area (Å²) in [5.74, 6) is -0.795. The third-order valence-electron chi connectivity index (χ3n) is 8.91. The van der Waals surface area contributed by atoms with Gasteiger partial charge in [-0.25, -0.2) is 16.8 Å². The predicted molar refractivity (Wildman–Crippen MR) is 194 cm³/mol. The van der Waals surface area contributed by atoms with Crippen molar-refractivity contribution in [3.8, 4) is 0 Å². The average Bonchev–Trinajstić information content (AvgIpc) is 2.98. The largest absolute Gasteiger partial charge is 1.00 e. The average molecular weight is 720 g/mol. The minimum atomic E-state index is -5.20. The quantitative estimate of drug-likeness (QED) is 0.114. The van der Waals surface area contributed by atoms with Gasteiger partial charge in [0.1, 0.15) is 20.2 Å². The van der Waals surface area contributed by atoms with Gasteiger partial charge >= 0.3 is 29.6 Å². The van der Waals surface area contributed by atoms with Gasteiger partial charge in [-0.05, 0) is 142 Å². The second-order valence-corrected chi connectivity index (χ2v) is 15.7. The molecule has 0 saturated heterocycles. The second kappa shape index (κ2) is 15.0. The first-order valence-electron chi connectivity index (χ1n) is 15.8. The number of hydrogen-bond acceptors (Lipinski definition) is 8. The van der Waals surface area contributed by atoms with Gasteiger partial charge in [0.15, 0.2) is 0 Å². The number of nitrogens with one attached hydrogen (secondary N) is 2. The molecular weight excluding hydrogens is 680 g/mol. The fraction of sp³-hybridized carbons (Fsp3) is 0.231. The number of hydrogen-bond donors (Lipinski definition) is 2. The molecule has 0 heterocycles. The maximum atomic E-state index is 12.7. The molecular formula is C39H40N2NaO6S2-. The normalized spacial score (nSPS) is 11.7. The summed E-state index contributed by atoms with van der Waals surface area (Å²) >= 11 is 0. The molecule has 0 aliphatic rings. The Labute approximate surface area is 318 Å². The zero-order chi connectivity index (χ0) is 36.0. The molecule has 5 aromatic rings. The third kappa shape index (κ3) is 8.51. The van der Waals surface area contributed by atoms with Crippen LogP contribution < -0.4 is 40.2 Å². The van der Waals surface area contributed by atoms with Crippen LogP contribution in [0.2, 0.25) is 0 Å². The number of benzene rings is 5. The number of rotatable bonds is 9. The van der Waals surface area contributed by atoms with E-state index in [0.717, 1.165) is 73.3 Å². The van der Waals surface area contributed by atoms with Gasteiger partial charge in [-0.3, -0.25) is 0 Å². The standard InChI is InChI=1S/C39H42N2O6S2.Na/c1-22-15-26(5)38(27(6)16-22)40-30-9-12-33(24(3)19-30)37(35-14-11-32(48(42,43)44)21-36(35)49(45,46)47)34-13-10-31(20-25(34)4)41-39-28(7)17-23(2)18-29(39)8;/h9-21,37,40-41H,1-8H3,(H,42,43,44)(H,45,46,47);/q;+1/p-2. The van der Waals surface area contributed by atoms with Crippen LogP contribution in [0.25, 0.3) is 0 Å². The molecule has 50 heavy (non-hydrogen) atoms. The van der Waals surface area contributed by atoms with E-state index in [2.05, 4.69) is 34.9 Å². The van der Waals surface area contributed by atoms with E-state index in [1.165, 1.54) is 6.07 Å². The molecule has 0 unspecified atom stereocenters. The predicted octanol–water partition coefficient (Wildman–Crippen LogP) is 5.63. The van der Waals surface area contributed by atoms with Gasteiger partial charge in [0.05, 0.1) is 9.79 Å². The Bertz CT molecular complexity index is 2180. The zero-order valence-corrected chi connectivity index (χ0v) is 33.5. The molecule has 0 bridgehead atoms. The summed E-state index contributed by atoms with van der Waals surface area (Å²) in [5, 5.41) is 7.03. The van der Waals surface area contributed by atoms with E-state index in [1.54, 1.807) is 0 Å². The summed E-state index contributed by atoms with van der Waals surface area (Å²) in [7, 11) is -10.2. The van der Waals surface area contributed by atoms with Crippen LogP contribution in [-0.4, -0.2) is 25.9 Å². The molecule has 5 rings (SSSR count). The van der Waals surface area contributed by atoms with Gasteiger partial charge in [-0.15, -0.1) is 0 Å². The van der Waals surface area contributed by atoms with Crippen LogP contribution in [-0.2, 0) is 20.2 Å². The van der Waals surface area contributed by atoms with E-state index >= 15 is 0 Å². The Morgan fingerprint density at radius 2 is 0.860 bits per heavy atom. The molecule has 0 aliphatic carbocycles. The Hall–Kier alpha value is -3.48. The maximum absolute atomic E-state index is 12.7. The topological polar surface area (TPSA) is 138 Å². The van der Waals surface area contributed by atoms with Gasteiger partial charge in [-0.1, -0.05) is 53.6 Å². The first-order valence-corrected chi connectivity index (χ1v) is 18.6. The van der Waals surface area contributed by atoms with Crippen molar-refractivity contribution in [1.82, 2.24) is 0 Å². The third-order valence-corrected chi connectivity index (χ3v) is 10.6. The molecule has 0 spiro atoms. The summed E-state index contributed by atoms with van der Waals surface area (Å²) in [6.45, 7) is 16.1. The Balaban J connectivity index is 0.00000562. The first kappa shape index (κ1) is 39.3. The van der Waals surface area contributed by atoms with Crippen LogP contribution in [0, 0.1) is 55.4 Å². The molecule has 256 valence electrons. The summed E-state index contributed by atoms with van der Waals surface area (Å²) in [5.41, 5.74) is 13.4. The van der Waals surface area contributed by atoms with Gasteiger partial charge in [0, 0.05) is 28.7 Å². The van der Waals surface area contributed by atoms with Crippen molar-refractivity contribution < 1.29 is 55.5 Å². The molecule has 0 atom stereocenters. The van der Waals surface area contributed by atoms with E-state index in [1.807, 2.05) is 91.8 Å². The Kier molecular flexibility index (Phi) is 11.8. The fourth-order valence-corrected chi connectivity index (χ4v) is 8.14. The van der Waals surface area contributed by atoms with Crippen molar-refractivity contribution in [2.75, 3.05) is 10.6 Å². The molecule has 2 N–H and O–H groups in total. The van der Waals surface area contributed by atoms with E-state index in [-0.39, 0.29) is 35.1 Å². The summed E-state index contributed by atoms with van der Waals surface area (Å²) in [6.07, 6.45) is 0. The van der Waals surface area contributed by atoms with Crippen LogP contribution in [0.3, 0.4) is 0 Å². The molecule has 0 aliphatic heterocycles. The van der Waals surface area contributed by atoms with Crippen LogP contribution in [0.1, 0.15) is 67.1 Å². The molecule has 0 saturated carbocycles. The Morgan fingerprint density at radius 1 is 0.480 bits per heavy atom. The number of aryl methyl sites for hydroxylation is 8. The maximum Gasteiger partial charge on any atom is 1.00 e. The van der Waals surface area contributed by atoms with Gasteiger partial charge in [-0.2, -0.15) is 0 Å². The minimum absolute atomic E-state index is 0. The van der Waals surface area contributed by atoms with Crippen LogP contribution in [0.15, 0.2) is 88.7 Å². The van der Waals surface area contributed by atoms with Gasteiger partial charge in [0.25, 0.3) is 0 Å². The summed E-state index contributed by atoms with van der Waals surface area (Å²) in [6, 6.07) is 22.9. The van der Waals surface area contributed by atoms with E-state index in [9.17, 15) is 25.9 Å². The zero-order valence-electron chi connectivity index (χ0n) is 29.8. The molecule has 0 fully saturated rings. The molecule has 0 aromatic heterocycles. The van der Waals surface area contributed by atoms with E-state index < -0.39 is 35.9 Å². The monoisotopic (exact) mass is 719 g/mol. The van der Waals surface area contributed by atoms with Crippen molar-refractivity contribution >= 4 is 43.0 Å². The van der Waals surface area contributed by atoms with Gasteiger partial charge in [0.2, 0.25) is 0 Å². The van der Waals surface area contributed by atoms with Crippen LogP contribution in [0.4, 0.5) is 22.7 Å². The molecule has 11 heteroatoms. The molecule has 8 nitrogen and oxygen atoms in total. The first-order chi connectivity index (χ1) is 22.8. The van der Waals surface area contributed by atoms with Crippen molar-refractivity contribution in [2.45, 2.75) is 71.1 Å². The number of anilines is 4. The summed E-state index contributed by atoms with van der Waals surface area (Å²) < 4.78 is 73.7. The molecule has 5 aromatic carbocycles. The fourth-order valence-electron chi connectivity index (χ4n) is 6.83. The van der Waals surface area contributed by atoms with Crippen LogP contribution in [0.5, 0.6) is 0 Å².